The number of unbranched alkanes of at least 4 members (excludes halogenated alkanes) is 5. The van der Waals surface area contributed by atoms with E-state index in [1.54, 1.807) is 12.1 Å². The molecule has 1 N–H and O–H groups in total. The van der Waals surface area contributed by atoms with Crippen LogP contribution in [-0.4, -0.2) is 78.5 Å². The molecule has 9 nitrogen and oxygen atoms in total. The summed E-state index contributed by atoms with van der Waals surface area (Å²) in [6.07, 6.45) is 7.44. The molecular formula is C25H32N4O5. The number of nitrogens with one attached hydrogen (secondary N) is 1. The number of anilines is 1. The van der Waals surface area contributed by atoms with Crippen LogP contribution in [0.25, 0.3) is 0 Å². The Bertz CT molecular complexity index is 970. The number of amides is 4. The van der Waals surface area contributed by atoms with Crippen molar-refractivity contribution in [2.75, 3.05) is 37.6 Å². The van der Waals surface area contributed by atoms with E-state index in [0.29, 0.717) is 17.5 Å². The summed E-state index contributed by atoms with van der Waals surface area (Å²) in [7, 11) is 0. The zero-order valence-electron chi connectivity index (χ0n) is 19.5. The lowest BCUT2D eigenvalue weighted by molar-refractivity contribution is -0.136. The molecule has 0 radical (unpaired) electrons. The average molecular weight is 469 g/mol. The summed E-state index contributed by atoms with van der Waals surface area (Å²) in [4.78, 5) is 66.1. The maximum Gasteiger partial charge on any atom is 0.264 e. The summed E-state index contributed by atoms with van der Waals surface area (Å²) in [6.45, 7) is 4.32. The Balaban J connectivity index is 1.35. The Labute approximate surface area is 199 Å². The molecule has 34 heavy (non-hydrogen) atoms. The zero-order chi connectivity index (χ0) is 24.1. The fraction of sp³-hybridized carbons (Fsp3) is 0.560. The smallest absolute Gasteiger partial charge is 0.264 e. The highest BCUT2D eigenvalue weighted by Gasteiger charge is 2.46. The first kappa shape index (κ1) is 24.1. The lowest BCUT2D eigenvalue weighted by Gasteiger charge is -2.36. The first-order valence-corrected chi connectivity index (χ1v) is 12.3. The SMILES string of the molecule is O=CCCCCCCCN1CCN(c2cccc3c2C(=O)N(C2CCC(=O)NC2=O)C3=O)CC1. The van der Waals surface area contributed by atoms with Gasteiger partial charge in [-0.25, -0.2) is 0 Å². The Morgan fingerprint density at radius 2 is 1.65 bits per heavy atom. The fourth-order valence-electron chi connectivity index (χ4n) is 5.07. The number of piperidine rings is 1. The predicted octanol–water partition coefficient (Wildman–Crippen LogP) is 1.75. The van der Waals surface area contributed by atoms with Crippen LogP contribution in [0.15, 0.2) is 18.2 Å². The normalized spacial score (nSPS) is 21.1. The first-order chi connectivity index (χ1) is 16.5. The van der Waals surface area contributed by atoms with Gasteiger partial charge in [0.15, 0.2) is 0 Å². The number of carbonyl (C=O) groups excluding carboxylic acids is 5. The van der Waals surface area contributed by atoms with Crippen LogP contribution in [0.4, 0.5) is 5.69 Å². The van der Waals surface area contributed by atoms with E-state index in [1.165, 1.54) is 0 Å². The molecule has 0 aliphatic carbocycles. The molecule has 3 aliphatic heterocycles. The van der Waals surface area contributed by atoms with E-state index in [2.05, 4.69) is 15.1 Å². The molecule has 182 valence electrons. The van der Waals surface area contributed by atoms with Crippen LogP contribution in [0.3, 0.4) is 0 Å². The number of carbonyl (C=O) groups is 5. The number of nitrogens with zero attached hydrogens (tertiary/aromatic N) is 3. The van der Waals surface area contributed by atoms with Crippen LogP contribution >= 0.6 is 0 Å². The largest absolute Gasteiger partial charge is 0.368 e. The molecule has 9 heteroatoms. The lowest BCUT2D eigenvalue weighted by Crippen LogP contribution is -2.54. The number of hydrogen-bond donors (Lipinski definition) is 1. The number of imide groups is 2. The molecule has 1 unspecified atom stereocenters. The van der Waals surface area contributed by atoms with Gasteiger partial charge in [0.05, 0.1) is 16.8 Å². The quantitative estimate of drug-likeness (QED) is 0.317. The maximum atomic E-state index is 13.3. The number of hydrogen-bond acceptors (Lipinski definition) is 7. The standard InChI is InChI=1S/C25H32N4O5/c30-17-6-4-2-1-3-5-12-27-13-15-28(16-14-27)19-9-7-8-18-22(19)25(34)29(24(18)33)20-10-11-21(31)26-23(20)32/h7-9,17,20H,1-6,10-16H2,(H,26,31,32). The van der Waals surface area contributed by atoms with Crippen molar-refractivity contribution in [3.8, 4) is 0 Å². The minimum Gasteiger partial charge on any atom is -0.368 e. The van der Waals surface area contributed by atoms with Crippen molar-refractivity contribution in [3.63, 3.8) is 0 Å². The molecule has 0 spiro atoms. The minimum absolute atomic E-state index is 0.109. The number of piperazine rings is 1. The third kappa shape index (κ3) is 5.04. The summed E-state index contributed by atoms with van der Waals surface area (Å²) in [5.41, 5.74) is 1.42. The second kappa shape index (κ2) is 10.9. The van der Waals surface area contributed by atoms with Gasteiger partial charge in [-0.2, -0.15) is 0 Å². The predicted molar refractivity (Wildman–Crippen MR) is 126 cm³/mol. The zero-order valence-corrected chi connectivity index (χ0v) is 19.5. The van der Waals surface area contributed by atoms with Gasteiger partial charge in [0, 0.05) is 39.0 Å². The number of rotatable bonds is 10. The Kier molecular flexibility index (Phi) is 7.72. The minimum atomic E-state index is -0.951. The third-order valence-corrected chi connectivity index (χ3v) is 6.96. The van der Waals surface area contributed by atoms with Gasteiger partial charge in [-0.3, -0.25) is 34.3 Å². The van der Waals surface area contributed by atoms with Crippen LogP contribution in [0.2, 0.25) is 0 Å². The van der Waals surface area contributed by atoms with Gasteiger partial charge in [-0.15, -0.1) is 0 Å². The third-order valence-electron chi connectivity index (χ3n) is 6.96. The number of fused-ring (bicyclic) bond motifs is 1. The van der Waals surface area contributed by atoms with Crippen LogP contribution in [0, 0.1) is 0 Å². The fourth-order valence-corrected chi connectivity index (χ4v) is 5.07. The van der Waals surface area contributed by atoms with Crippen molar-refractivity contribution in [1.29, 1.82) is 0 Å². The van der Waals surface area contributed by atoms with Gasteiger partial charge < -0.3 is 9.69 Å². The van der Waals surface area contributed by atoms with E-state index in [-0.39, 0.29) is 18.7 Å². The second-order valence-corrected chi connectivity index (χ2v) is 9.20. The molecule has 3 aliphatic rings. The van der Waals surface area contributed by atoms with E-state index >= 15 is 0 Å². The topological polar surface area (TPSA) is 107 Å². The van der Waals surface area contributed by atoms with E-state index in [0.717, 1.165) is 81.7 Å². The molecule has 2 fully saturated rings. The molecule has 3 heterocycles. The Morgan fingerprint density at radius 1 is 0.912 bits per heavy atom. The first-order valence-electron chi connectivity index (χ1n) is 12.3. The summed E-state index contributed by atoms with van der Waals surface area (Å²) in [6, 6.07) is 4.33. The molecule has 1 aromatic rings. The highest BCUT2D eigenvalue weighted by molar-refractivity contribution is 6.25. The molecule has 4 amide bonds. The molecule has 4 rings (SSSR count). The number of benzene rings is 1. The van der Waals surface area contributed by atoms with Gasteiger partial charge in [0.25, 0.3) is 11.8 Å². The van der Waals surface area contributed by atoms with Crippen LogP contribution < -0.4 is 10.2 Å². The van der Waals surface area contributed by atoms with Crippen molar-refractivity contribution >= 4 is 35.6 Å². The van der Waals surface area contributed by atoms with E-state index < -0.39 is 23.8 Å². The average Bonchev–Trinajstić information content (AvgIpc) is 3.09. The summed E-state index contributed by atoms with van der Waals surface area (Å²) in [5.74, 6) is -1.90. The van der Waals surface area contributed by atoms with Crippen LogP contribution in [0.5, 0.6) is 0 Å². The number of aldehydes is 1. The highest BCUT2D eigenvalue weighted by atomic mass is 16.2. The Morgan fingerprint density at radius 3 is 2.38 bits per heavy atom. The Hall–Kier alpha value is -3.07. The van der Waals surface area contributed by atoms with Gasteiger partial charge in [-0.1, -0.05) is 25.3 Å². The van der Waals surface area contributed by atoms with Crippen molar-refractivity contribution in [3.05, 3.63) is 29.3 Å². The molecular weight excluding hydrogens is 436 g/mol. The van der Waals surface area contributed by atoms with Crippen molar-refractivity contribution in [2.24, 2.45) is 0 Å². The summed E-state index contributed by atoms with van der Waals surface area (Å²) < 4.78 is 0. The second-order valence-electron chi connectivity index (χ2n) is 9.20. The van der Waals surface area contributed by atoms with E-state index in [9.17, 15) is 24.0 Å². The molecule has 0 saturated carbocycles. The van der Waals surface area contributed by atoms with Gasteiger partial charge in [-0.05, 0) is 37.9 Å². The van der Waals surface area contributed by atoms with Gasteiger partial charge >= 0.3 is 0 Å². The van der Waals surface area contributed by atoms with Crippen molar-refractivity contribution < 1.29 is 24.0 Å². The molecule has 2 saturated heterocycles. The van der Waals surface area contributed by atoms with Crippen LogP contribution in [-0.2, 0) is 14.4 Å². The summed E-state index contributed by atoms with van der Waals surface area (Å²) >= 11 is 0. The molecule has 0 bridgehead atoms. The maximum absolute atomic E-state index is 13.3. The molecule has 0 aromatic heterocycles. The van der Waals surface area contributed by atoms with Crippen LogP contribution in [0.1, 0.15) is 72.1 Å². The molecule has 1 aromatic carbocycles. The van der Waals surface area contributed by atoms with E-state index in [1.807, 2.05) is 6.07 Å². The highest BCUT2D eigenvalue weighted by Crippen LogP contribution is 2.34. The van der Waals surface area contributed by atoms with E-state index in [4.69, 9.17) is 0 Å². The molecule has 1 atom stereocenters. The van der Waals surface area contributed by atoms with Gasteiger partial charge in [0.1, 0.15) is 12.3 Å². The van der Waals surface area contributed by atoms with Crippen molar-refractivity contribution in [2.45, 2.75) is 57.4 Å². The van der Waals surface area contributed by atoms with Gasteiger partial charge in [0.2, 0.25) is 11.8 Å². The van der Waals surface area contributed by atoms with Crippen molar-refractivity contribution in [1.82, 2.24) is 15.1 Å². The lowest BCUT2D eigenvalue weighted by atomic mass is 10.0. The monoisotopic (exact) mass is 468 g/mol. The summed E-state index contributed by atoms with van der Waals surface area (Å²) in [5, 5.41) is 2.24.